The predicted octanol–water partition coefficient (Wildman–Crippen LogP) is 8.43. The first-order chi connectivity index (χ1) is 17.4. The van der Waals surface area contributed by atoms with Gasteiger partial charge in [-0.05, 0) is 59.1 Å². The zero-order chi connectivity index (χ0) is 26.5. The van der Waals surface area contributed by atoms with Crippen molar-refractivity contribution in [2.45, 2.75) is 54.9 Å². The average molecular weight is 488 g/mol. The van der Waals surface area contributed by atoms with Gasteiger partial charge in [0.1, 0.15) is 18.2 Å². The molecule has 37 heavy (non-hydrogen) atoms. The molecule has 186 valence electrons. The van der Waals surface area contributed by atoms with E-state index >= 15 is 0 Å². The lowest BCUT2D eigenvalue weighted by molar-refractivity contribution is -0.660. The van der Waals surface area contributed by atoms with Crippen molar-refractivity contribution in [2.75, 3.05) is 0 Å². The van der Waals surface area contributed by atoms with Gasteiger partial charge < -0.3 is 4.42 Å². The molecule has 2 aromatic carbocycles. The number of aromatic nitrogens is 1. The molecule has 2 aromatic heterocycles. The van der Waals surface area contributed by atoms with E-state index in [1.807, 2.05) is 12.1 Å². The molecule has 0 unspecified atom stereocenters. The van der Waals surface area contributed by atoms with E-state index in [0.29, 0.717) is 5.56 Å². The van der Waals surface area contributed by atoms with Gasteiger partial charge in [0.05, 0.1) is 17.2 Å². The lowest BCUT2D eigenvalue weighted by atomic mass is 9.67. The first-order valence-corrected chi connectivity index (χ1v) is 13.2. The quantitative estimate of drug-likeness (QED) is 0.266. The summed E-state index contributed by atoms with van der Waals surface area (Å²) < 4.78 is 8.99. The van der Waals surface area contributed by atoms with Gasteiger partial charge >= 0.3 is 0 Å². The fraction of sp³-hybridized carbons (Fsp3) is 0.353. The van der Waals surface area contributed by atoms with Crippen molar-refractivity contribution in [1.82, 2.24) is 0 Å². The smallest absolute Gasteiger partial charge is 0.216 e. The molecular weight excluding hydrogens is 452 g/mol. The minimum Gasteiger partial charge on any atom is -0.454 e. The van der Waals surface area contributed by atoms with Crippen LogP contribution < -0.4 is 4.57 Å². The number of furan rings is 1. The second-order valence-corrected chi connectivity index (χ2v) is 12.8. The Kier molecular flexibility index (Phi) is 4.78. The Morgan fingerprint density at radius 2 is 1.54 bits per heavy atom. The van der Waals surface area contributed by atoms with E-state index in [0.717, 1.165) is 45.2 Å². The fourth-order valence-electron chi connectivity index (χ4n) is 7.75. The molecule has 2 aliphatic carbocycles. The summed E-state index contributed by atoms with van der Waals surface area (Å²) in [7, 11) is 2.07. The molecule has 0 radical (unpaired) electrons. The maximum atomic E-state index is 10.3. The molecule has 0 saturated heterocycles. The minimum absolute atomic E-state index is 0.0960. The van der Waals surface area contributed by atoms with E-state index in [9.17, 15) is 5.26 Å². The molecule has 6 rings (SSSR count). The van der Waals surface area contributed by atoms with Crippen LogP contribution in [0.4, 0.5) is 0 Å². The average Bonchev–Trinajstić information content (AvgIpc) is 3.39. The number of pyridine rings is 1. The van der Waals surface area contributed by atoms with E-state index in [1.54, 1.807) is 0 Å². The normalized spacial score (nSPS) is 19.4. The van der Waals surface area contributed by atoms with E-state index < -0.39 is 0 Å². The Morgan fingerprint density at radius 1 is 0.865 bits per heavy atom. The third kappa shape index (κ3) is 3.15. The van der Waals surface area contributed by atoms with Crippen LogP contribution in [0.1, 0.15) is 64.7 Å². The van der Waals surface area contributed by atoms with E-state index in [2.05, 4.69) is 109 Å². The molecule has 0 bridgehead atoms. The van der Waals surface area contributed by atoms with Gasteiger partial charge in [0.25, 0.3) is 0 Å². The van der Waals surface area contributed by atoms with Crippen LogP contribution in [0.3, 0.4) is 0 Å². The van der Waals surface area contributed by atoms with Crippen LogP contribution in [-0.2, 0) is 7.05 Å². The Morgan fingerprint density at radius 3 is 2.19 bits per heavy atom. The van der Waals surface area contributed by atoms with Crippen molar-refractivity contribution in [3.8, 4) is 17.3 Å². The topological polar surface area (TPSA) is 40.8 Å². The molecule has 0 amide bonds. The largest absolute Gasteiger partial charge is 0.454 e. The van der Waals surface area contributed by atoms with Gasteiger partial charge in [-0.15, -0.1) is 0 Å². The molecule has 0 aliphatic heterocycles. The van der Waals surface area contributed by atoms with Crippen molar-refractivity contribution in [3.05, 3.63) is 82.6 Å². The Bertz CT molecular complexity index is 1750. The molecule has 0 atom stereocenters. The molecule has 0 N–H and O–H groups in total. The van der Waals surface area contributed by atoms with Crippen molar-refractivity contribution in [3.63, 3.8) is 0 Å². The Hall–Kier alpha value is -3.64. The lowest BCUT2D eigenvalue weighted by Crippen LogP contribution is -2.30. The van der Waals surface area contributed by atoms with Crippen LogP contribution in [0.2, 0.25) is 0 Å². The van der Waals surface area contributed by atoms with Crippen LogP contribution in [-0.4, -0.2) is 0 Å². The summed E-state index contributed by atoms with van der Waals surface area (Å²) in [6.07, 6.45) is 5.59. The summed E-state index contributed by atoms with van der Waals surface area (Å²) in [4.78, 5) is 0. The van der Waals surface area contributed by atoms with E-state index in [1.165, 1.54) is 22.3 Å². The van der Waals surface area contributed by atoms with Crippen molar-refractivity contribution in [1.29, 1.82) is 5.26 Å². The highest BCUT2D eigenvalue weighted by molar-refractivity contribution is 6.13. The zero-order valence-corrected chi connectivity index (χ0v) is 23.2. The number of benzene rings is 2. The van der Waals surface area contributed by atoms with Crippen LogP contribution >= 0.6 is 0 Å². The number of aryl methyl sites for hydroxylation is 2. The van der Waals surface area contributed by atoms with Gasteiger partial charge in [-0.3, -0.25) is 0 Å². The third-order valence-electron chi connectivity index (χ3n) is 8.86. The first kappa shape index (κ1) is 23.7. The van der Waals surface area contributed by atoms with Crippen LogP contribution in [0, 0.1) is 34.5 Å². The SMILES string of the molecule is Cc1ccc2c(oc3c(C4=CC5=C(C(C)(C)CC5(C)C)C4(C)C)c(C#N)ccc32)c1-c1cccc[n+]1C. The van der Waals surface area contributed by atoms with Crippen LogP contribution in [0.15, 0.2) is 70.3 Å². The van der Waals surface area contributed by atoms with Crippen molar-refractivity contribution in [2.24, 2.45) is 23.3 Å². The molecule has 3 nitrogen and oxygen atoms in total. The Labute approximate surface area is 219 Å². The van der Waals surface area contributed by atoms with E-state index in [4.69, 9.17) is 4.42 Å². The molecular formula is C34H35N2O+. The molecule has 0 fully saturated rings. The summed E-state index contributed by atoms with van der Waals surface area (Å²) in [5.74, 6) is 0. The highest BCUT2D eigenvalue weighted by Gasteiger charge is 2.53. The third-order valence-corrected chi connectivity index (χ3v) is 8.86. The maximum Gasteiger partial charge on any atom is 0.216 e. The second kappa shape index (κ2) is 7.45. The summed E-state index contributed by atoms with van der Waals surface area (Å²) in [6.45, 7) is 16.2. The van der Waals surface area contributed by atoms with Gasteiger partial charge in [-0.1, -0.05) is 65.3 Å². The Balaban J connectivity index is 1.69. The molecule has 2 heterocycles. The molecule has 3 heteroatoms. The fourth-order valence-corrected chi connectivity index (χ4v) is 7.75. The second-order valence-electron chi connectivity index (χ2n) is 12.8. The number of rotatable bonds is 2. The highest BCUT2D eigenvalue weighted by Crippen LogP contribution is 2.66. The number of hydrogen-bond acceptors (Lipinski definition) is 2. The lowest BCUT2D eigenvalue weighted by Gasteiger charge is -2.36. The van der Waals surface area contributed by atoms with E-state index in [-0.39, 0.29) is 16.2 Å². The number of fused-ring (bicyclic) bond motifs is 3. The summed E-state index contributed by atoms with van der Waals surface area (Å²) in [6, 6.07) is 17.1. The molecule has 4 aromatic rings. The number of allylic oxidation sites excluding steroid dienone is 4. The first-order valence-electron chi connectivity index (χ1n) is 13.2. The summed E-state index contributed by atoms with van der Waals surface area (Å²) in [5, 5.41) is 12.4. The zero-order valence-electron chi connectivity index (χ0n) is 23.2. The summed E-state index contributed by atoms with van der Waals surface area (Å²) in [5.41, 5.74) is 10.8. The van der Waals surface area contributed by atoms with Gasteiger partial charge in [-0.25, -0.2) is 4.57 Å². The van der Waals surface area contributed by atoms with Crippen molar-refractivity contribution < 1.29 is 8.98 Å². The van der Waals surface area contributed by atoms with Crippen molar-refractivity contribution >= 4 is 27.5 Å². The monoisotopic (exact) mass is 487 g/mol. The van der Waals surface area contributed by atoms with Crippen LogP contribution in [0.5, 0.6) is 0 Å². The van der Waals surface area contributed by atoms with Crippen LogP contribution in [0.25, 0.3) is 38.8 Å². The molecule has 0 saturated carbocycles. The standard InChI is InChI=1S/C34H35N2O/c1-20-12-14-22-23-15-13-21(18-35)28(30(23)37-29(22)27(20)26-11-9-10-16-36(26)8)24-17-25-31(34(24,6)7)33(4,5)19-32(25,2)3/h9-17H,19H2,1-8H3/q+1. The van der Waals surface area contributed by atoms with Gasteiger partial charge in [0.2, 0.25) is 5.69 Å². The highest BCUT2D eigenvalue weighted by atomic mass is 16.3. The molecule has 2 aliphatic rings. The minimum atomic E-state index is -0.198. The van der Waals surface area contributed by atoms with Gasteiger partial charge in [-0.2, -0.15) is 5.26 Å². The summed E-state index contributed by atoms with van der Waals surface area (Å²) >= 11 is 0. The number of nitrogens with zero attached hydrogens (tertiary/aromatic N) is 2. The number of hydrogen-bond donors (Lipinski definition) is 0. The number of nitriles is 1. The van der Waals surface area contributed by atoms with Gasteiger partial charge in [0.15, 0.2) is 6.20 Å². The maximum absolute atomic E-state index is 10.3. The van der Waals surface area contributed by atoms with Gasteiger partial charge in [0, 0.05) is 33.9 Å². The predicted molar refractivity (Wildman–Crippen MR) is 151 cm³/mol. The molecule has 0 spiro atoms.